The molecule has 0 spiro atoms. The molecule has 6 nitrogen and oxygen atoms in total. The van der Waals surface area contributed by atoms with Crippen molar-refractivity contribution in [2.24, 2.45) is 0 Å². The van der Waals surface area contributed by atoms with Gasteiger partial charge in [0.15, 0.2) is 5.69 Å². The highest BCUT2D eigenvalue weighted by Crippen LogP contribution is 2.31. The molecule has 0 radical (unpaired) electrons. The number of phenolic OH excluding ortho intramolecular Hbond substituents is 1. The smallest absolute Gasteiger partial charge is 0.276 e. The minimum Gasteiger partial charge on any atom is -0.506 e. The van der Waals surface area contributed by atoms with Crippen LogP contribution in [-0.4, -0.2) is 34.1 Å². The minimum absolute atomic E-state index is 0.00343. The van der Waals surface area contributed by atoms with Crippen molar-refractivity contribution >= 4 is 29.1 Å². The zero-order valence-corrected chi connectivity index (χ0v) is 16.0. The molecule has 2 heterocycles. The van der Waals surface area contributed by atoms with Crippen LogP contribution in [0, 0.1) is 0 Å². The summed E-state index contributed by atoms with van der Waals surface area (Å²) in [5.74, 6) is 0.0280. The topological polar surface area (TPSA) is 78.3 Å². The van der Waals surface area contributed by atoms with Crippen LogP contribution in [0.3, 0.4) is 0 Å². The summed E-state index contributed by atoms with van der Waals surface area (Å²) in [6.07, 6.45) is 3.62. The number of halogens is 1. The molecule has 1 aliphatic heterocycles. The van der Waals surface area contributed by atoms with Crippen molar-refractivity contribution in [1.82, 2.24) is 9.97 Å². The number of nitrogens with one attached hydrogen (secondary N) is 1. The van der Waals surface area contributed by atoms with E-state index in [2.05, 4.69) is 36.1 Å². The second kappa shape index (κ2) is 7.11. The molecule has 7 heteroatoms. The minimum atomic E-state index is -0.473. The summed E-state index contributed by atoms with van der Waals surface area (Å²) in [5.41, 5.74) is 1.32. The highest BCUT2D eigenvalue weighted by atomic mass is 35.5. The Labute approximate surface area is 158 Å². The number of amides is 1. The molecule has 1 fully saturated rings. The number of anilines is 2. The summed E-state index contributed by atoms with van der Waals surface area (Å²) < 4.78 is 0. The van der Waals surface area contributed by atoms with Crippen LogP contribution in [0.25, 0.3) is 0 Å². The van der Waals surface area contributed by atoms with Crippen molar-refractivity contribution in [3.63, 3.8) is 0 Å². The lowest BCUT2D eigenvalue weighted by Crippen LogP contribution is -2.23. The lowest BCUT2D eigenvalue weighted by Gasteiger charge is -2.20. The van der Waals surface area contributed by atoms with Gasteiger partial charge in [-0.1, -0.05) is 38.4 Å². The summed E-state index contributed by atoms with van der Waals surface area (Å²) in [5, 5.41) is 13.0. The van der Waals surface area contributed by atoms with Crippen molar-refractivity contribution in [3.05, 3.63) is 40.7 Å². The van der Waals surface area contributed by atoms with Gasteiger partial charge in [0.1, 0.15) is 5.75 Å². The molecule has 0 unspecified atom stereocenters. The van der Waals surface area contributed by atoms with Crippen molar-refractivity contribution < 1.29 is 9.90 Å². The van der Waals surface area contributed by atoms with Gasteiger partial charge in [0.05, 0.1) is 16.9 Å². The Bertz CT molecular complexity index is 827. The zero-order valence-electron chi connectivity index (χ0n) is 15.2. The van der Waals surface area contributed by atoms with Gasteiger partial charge in [-0.05, 0) is 36.0 Å². The van der Waals surface area contributed by atoms with Crippen molar-refractivity contribution in [2.45, 2.75) is 39.0 Å². The van der Waals surface area contributed by atoms with Gasteiger partial charge in [-0.2, -0.15) is 0 Å². The number of nitrogens with zero attached hydrogens (tertiary/aromatic N) is 3. The first-order valence-corrected chi connectivity index (χ1v) is 9.06. The van der Waals surface area contributed by atoms with Crippen LogP contribution in [0.4, 0.5) is 11.6 Å². The molecule has 1 amide bonds. The van der Waals surface area contributed by atoms with Gasteiger partial charge in [-0.15, -0.1) is 0 Å². The largest absolute Gasteiger partial charge is 0.506 e. The molecule has 1 aromatic carbocycles. The summed E-state index contributed by atoms with van der Waals surface area (Å²) in [6, 6.07) is 5.19. The van der Waals surface area contributed by atoms with Gasteiger partial charge < -0.3 is 15.3 Å². The molecule has 26 heavy (non-hydrogen) atoms. The molecule has 3 rings (SSSR count). The fourth-order valence-electron chi connectivity index (χ4n) is 2.87. The number of phenols is 1. The fourth-order valence-corrected chi connectivity index (χ4v) is 3.05. The summed E-state index contributed by atoms with van der Waals surface area (Å²) >= 11 is 6.14. The average molecular weight is 375 g/mol. The molecule has 2 aromatic rings. The van der Waals surface area contributed by atoms with Gasteiger partial charge in [0, 0.05) is 13.1 Å². The number of hydrogen-bond donors (Lipinski definition) is 2. The number of carbonyl (C=O) groups is 1. The van der Waals surface area contributed by atoms with E-state index in [0.717, 1.165) is 31.5 Å². The third-order valence-electron chi connectivity index (χ3n) is 4.45. The summed E-state index contributed by atoms with van der Waals surface area (Å²) in [6.45, 7) is 7.94. The van der Waals surface area contributed by atoms with Gasteiger partial charge in [0.2, 0.25) is 5.95 Å². The van der Waals surface area contributed by atoms with Gasteiger partial charge in [-0.25, -0.2) is 9.97 Å². The van der Waals surface area contributed by atoms with E-state index in [4.69, 9.17) is 11.6 Å². The maximum Gasteiger partial charge on any atom is 0.276 e. The SMILES string of the molecule is CC(C)(C)c1ccc(O)c(NC(=O)c2nc(N3CCCC3)ncc2Cl)c1. The second-order valence-electron chi connectivity index (χ2n) is 7.50. The molecular weight excluding hydrogens is 352 g/mol. The van der Waals surface area contributed by atoms with Crippen molar-refractivity contribution in [2.75, 3.05) is 23.3 Å². The molecule has 1 aromatic heterocycles. The lowest BCUT2D eigenvalue weighted by molar-refractivity contribution is 0.102. The van der Waals surface area contributed by atoms with Gasteiger partial charge in [0.25, 0.3) is 5.91 Å². The average Bonchev–Trinajstić information content (AvgIpc) is 3.10. The standard InChI is InChI=1S/C19H23ClN4O2/c1-19(2,3)12-6-7-15(25)14(10-12)22-17(26)16-13(20)11-21-18(23-16)24-8-4-5-9-24/h6-7,10-11,25H,4-5,8-9H2,1-3H3,(H,22,26). The number of rotatable bonds is 3. The predicted octanol–water partition coefficient (Wildman–Crippen LogP) is 3.99. The van der Waals surface area contributed by atoms with Crippen LogP contribution in [0.5, 0.6) is 5.75 Å². The Morgan fingerprint density at radius 2 is 1.96 bits per heavy atom. The highest BCUT2D eigenvalue weighted by Gasteiger charge is 2.21. The monoisotopic (exact) mass is 374 g/mol. The molecule has 0 bridgehead atoms. The number of hydrogen-bond acceptors (Lipinski definition) is 5. The molecule has 138 valence electrons. The Kier molecular flexibility index (Phi) is 5.05. The molecule has 2 N–H and O–H groups in total. The maximum atomic E-state index is 12.7. The van der Waals surface area contributed by atoms with E-state index in [-0.39, 0.29) is 21.9 Å². The third-order valence-corrected chi connectivity index (χ3v) is 4.72. The first-order chi connectivity index (χ1) is 12.3. The normalized spacial score (nSPS) is 14.5. The fraction of sp³-hybridized carbons (Fsp3) is 0.421. The van der Waals surface area contributed by atoms with Crippen LogP contribution in [-0.2, 0) is 5.41 Å². The molecule has 0 saturated carbocycles. The Balaban J connectivity index is 1.87. The number of benzene rings is 1. The van der Waals surface area contributed by atoms with E-state index < -0.39 is 5.91 Å². The number of aromatic hydroxyl groups is 1. The zero-order chi connectivity index (χ0) is 18.9. The van der Waals surface area contributed by atoms with Crippen LogP contribution in [0.1, 0.15) is 49.7 Å². The van der Waals surface area contributed by atoms with Gasteiger partial charge >= 0.3 is 0 Å². The highest BCUT2D eigenvalue weighted by molar-refractivity contribution is 6.34. The van der Waals surface area contributed by atoms with Crippen LogP contribution >= 0.6 is 11.6 Å². The Morgan fingerprint density at radius 1 is 1.27 bits per heavy atom. The lowest BCUT2D eigenvalue weighted by atomic mass is 9.87. The van der Waals surface area contributed by atoms with Crippen LogP contribution < -0.4 is 10.2 Å². The van der Waals surface area contributed by atoms with E-state index in [1.165, 1.54) is 6.20 Å². The molecule has 1 aliphatic rings. The first-order valence-electron chi connectivity index (χ1n) is 8.68. The number of carbonyl (C=O) groups excluding carboxylic acids is 1. The number of aromatic nitrogens is 2. The molecule has 0 aliphatic carbocycles. The third kappa shape index (κ3) is 3.90. The molecular formula is C19H23ClN4O2. The van der Waals surface area contributed by atoms with E-state index in [9.17, 15) is 9.90 Å². The van der Waals surface area contributed by atoms with E-state index >= 15 is 0 Å². The van der Waals surface area contributed by atoms with Crippen LogP contribution in [0.2, 0.25) is 5.02 Å². The Hall–Kier alpha value is -2.34. The van der Waals surface area contributed by atoms with Crippen LogP contribution in [0.15, 0.2) is 24.4 Å². The maximum absolute atomic E-state index is 12.7. The summed E-state index contributed by atoms with van der Waals surface area (Å²) in [7, 11) is 0. The molecule has 0 atom stereocenters. The Morgan fingerprint density at radius 3 is 2.62 bits per heavy atom. The van der Waals surface area contributed by atoms with E-state index in [1.54, 1.807) is 12.1 Å². The first kappa shape index (κ1) is 18.5. The van der Waals surface area contributed by atoms with E-state index in [1.807, 2.05) is 11.0 Å². The van der Waals surface area contributed by atoms with Crippen molar-refractivity contribution in [3.8, 4) is 5.75 Å². The van der Waals surface area contributed by atoms with Crippen molar-refractivity contribution in [1.29, 1.82) is 0 Å². The quantitative estimate of drug-likeness (QED) is 0.794. The molecule has 1 saturated heterocycles. The predicted molar refractivity (Wildman–Crippen MR) is 103 cm³/mol. The van der Waals surface area contributed by atoms with Gasteiger partial charge in [-0.3, -0.25) is 4.79 Å². The van der Waals surface area contributed by atoms with E-state index in [0.29, 0.717) is 11.6 Å². The second-order valence-corrected chi connectivity index (χ2v) is 7.90. The summed E-state index contributed by atoms with van der Waals surface area (Å²) in [4.78, 5) is 23.3.